The number of hydrogen-bond donors (Lipinski definition) is 2. The molecule has 1 aliphatic heterocycles. The van der Waals surface area contributed by atoms with E-state index in [9.17, 15) is 4.79 Å². The molecule has 0 saturated carbocycles. The molecule has 1 rings (SSSR count). The lowest BCUT2D eigenvalue weighted by molar-refractivity contribution is -0.120. The van der Waals surface area contributed by atoms with Gasteiger partial charge in [0.25, 0.3) is 0 Å². The standard InChI is InChI=1S/C9H19N3O/c1-12-5-3-2-4-8(12)7-11-9(13)6-10/h8H,2-7,10H2,1H3,(H,11,13)/t8-/m1/s1. The summed E-state index contributed by atoms with van der Waals surface area (Å²) in [5, 5.41) is 2.83. The van der Waals surface area contributed by atoms with Crippen LogP contribution in [0, 0.1) is 0 Å². The maximum atomic E-state index is 10.9. The molecule has 0 aromatic rings. The van der Waals surface area contributed by atoms with Gasteiger partial charge in [0.15, 0.2) is 0 Å². The first-order chi connectivity index (χ1) is 6.24. The van der Waals surface area contributed by atoms with Crippen LogP contribution in [0.5, 0.6) is 0 Å². The largest absolute Gasteiger partial charge is 0.353 e. The van der Waals surface area contributed by atoms with Crippen LogP contribution >= 0.6 is 0 Å². The van der Waals surface area contributed by atoms with Crippen molar-refractivity contribution in [2.24, 2.45) is 5.73 Å². The third-order valence-electron chi connectivity index (χ3n) is 2.64. The van der Waals surface area contributed by atoms with Crippen molar-refractivity contribution in [3.05, 3.63) is 0 Å². The molecule has 1 atom stereocenters. The second kappa shape index (κ2) is 5.19. The van der Waals surface area contributed by atoms with Crippen molar-refractivity contribution in [2.45, 2.75) is 25.3 Å². The van der Waals surface area contributed by atoms with Gasteiger partial charge in [0.05, 0.1) is 6.54 Å². The van der Waals surface area contributed by atoms with Gasteiger partial charge in [-0.15, -0.1) is 0 Å². The van der Waals surface area contributed by atoms with E-state index in [1.165, 1.54) is 19.3 Å². The molecule has 0 unspecified atom stereocenters. The van der Waals surface area contributed by atoms with Gasteiger partial charge in [0, 0.05) is 12.6 Å². The van der Waals surface area contributed by atoms with Crippen LogP contribution in [0.15, 0.2) is 0 Å². The SMILES string of the molecule is CN1CCCC[C@@H]1CNC(=O)CN. The summed E-state index contributed by atoms with van der Waals surface area (Å²) in [6, 6.07) is 0.504. The molecule has 0 spiro atoms. The Morgan fingerprint density at radius 1 is 1.62 bits per heavy atom. The van der Waals surface area contributed by atoms with Crippen molar-refractivity contribution in [1.29, 1.82) is 0 Å². The van der Waals surface area contributed by atoms with Gasteiger partial charge in [0.2, 0.25) is 5.91 Å². The van der Waals surface area contributed by atoms with Crippen molar-refractivity contribution in [1.82, 2.24) is 10.2 Å². The molecule has 1 fully saturated rings. The predicted octanol–water partition coefficient (Wildman–Crippen LogP) is -0.454. The van der Waals surface area contributed by atoms with E-state index in [4.69, 9.17) is 5.73 Å². The normalized spacial score (nSPS) is 24.3. The molecule has 1 saturated heterocycles. The monoisotopic (exact) mass is 185 g/mol. The number of likely N-dealkylation sites (N-methyl/N-ethyl adjacent to an activating group) is 1. The zero-order chi connectivity index (χ0) is 9.68. The van der Waals surface area contributed by atoms with E-state index >= 15 is 0 Å². The smallest absolute Gasteiger partial charge is 0.233 e. The average molecular weight is 185 g/mol. The van der Waals surface area contributed by atoms with Gasteiger partial charge in [-0.3, -0.25) is 4.79 Å². The highest BCUT2D eigenvalue weighted by molar-refractivity contribution is 5.77. The molecule has 0 radical (unpaired) electrons. The van der Waals surface area contributed by atoms with Crippen LogP contribution in [0.3, 0.4) is 0 Å². The summed E-state index contributed by atoms with van der Waals surface area (Å²) in [6.45, 7) is 1.98. The van der Waals surface area contributed by atoms with E-state index < -0.39 is 0 Å². The molecule has 1 aliphatic rings. The minimum Gasteiger partial charge on any atom is -0.353 e. The molecule has 4 nitrogen and oxygen atoms in total. The van der Waals surface area contributed by atoms with Crippen LogP contribution in [-0.2, 0) is 4.79 Å². The van der Waals surface area contributed by atoms with E-state index in [1.807, 2.05) is 0 Å². The molecule has 0 aromatic heterocycles. The van der Waals surface area contributed by atoms with Crippen molar-refractivity contribution in [2.75, 3.05) is 26.7 Å². The van der Waals surface area contributed by atoms with Gasteiger partial charge >= 0.3 is 0 Å². The third kappa shape index (κ3) is 3.32. The fraction of sp³-hybridized carbons (Fsp3) is 0.889. The highest BCUT2D eigenvalue weighted by Gasteiger charge is 2.18. The fourth-order valence-electron chi connectivity index (χ4n) is 1.71. The lowest BCUT2D eigenvalue weighted by Gasteiger charge is -2.32. The Hall–Kier alpha value is -0.610. The van der Waals surface area contributed by atoms with Crippen LogP contribution in [0.1, 0.15) is 19.3 Å². The number of rotatable bonds is 3. The van der Waals surface area contributed by atoms with Crippen molar-refractivity contribution < 1.29 is 4.79 Å². The van der Waals surface area contributed by atoms with E-state index in [1.54, 1.807) is 0 Å². The lowest BCUT2D eigenvalue weighted by Crippen LogP contribution is -2.45. The van der Waals surface area contributed by atoms with Gasteiger partial charge in [-0.25, -0.2) is 0 Å². The van der Waals surface area contributed by atoms with E-state index in [-0.39, 0.29) is 12.5 Å². The first-order valence-electron chi connectivity index (χ1n) is 4.91. The van der Waals surface area contributed by atoms with Crippen LogP contribution in [0.4, 0.5) is 0 Å². The van der Waals surface area contributed by atoms with Gasteiger partial charge in [-0.2, -0.15) is 0 Å². The number of hydrogen-bond acceptors (Lipinski definition) is 3. The second-order valence-electron chi connectivity index (χ2n) is 3.64. The number of nitrogens with two attached hydrogens (primary N) is 1. The van der Waals surface area contributed by atoms with Gasteiger partial charge in [0.1, 0.15) is 0 Å². The van der Waals surface area contributed by atoms with Crippen LogP contribution in [0.2, 0.25) is 0 Å². The van der Waals surface area contributed by atoms with Crippen molar-refractivity contribution in [3.8, 4) is 0 Å². The Balaban J connectivity index is 2.22. The zero-order valence-electron chi connectivity index (χ0n) is 8.25. The van der Waals surface area contributed by atoms with Crippen molar-refractivity contribution >= 4 is 5.91 Å². The van der Waals surface area contributed by atoms with Crippen LogP contribution in [-0.4, -0.2) is 43.5 Å². The number of carbonyl (C=O) groups is 1. The summed E-state index contributed by atoms with van der Waals surface area (Å²) in [5.74, 6) is -0.0565. The lowest BCUT2D eigenvalue weighted by atomic mass is 10.0. The summed E-state index contributed by atoms with van der Waals surface area (Å²) in [5.41, 5.74) is 5.20. The summed E-state index contributed by atoms with van der Waals surface area (Å²) >= 11 is 0. The number of amides is 1. The first-order valence-corrected chi connectivity index (χ1v) is 4.91. The Labute approximate surface area is 79.5 Å². The summed E-state index contributed by atoms with van der Waals surface area (Å²) < 4.78 is 0. The summed E-state index contributed by atoms with van der Waals surface area (Å²) in [4.78, 5) is 13.2. The van der Waals surface area contributed by atoms with Gasteiger partial charge < -0.3 is 16.0 Å². The molecule has 1 amide bonds. The molecule has 13 heavy (non-hydrogen) atoms. The molecule has 1 heterocycles. The molecule has 0 bridgehead atoms. The highest BCUT2D eigenvalue weighted by atomic mass is 16.1. The van der Waals surface area contributed by atoms with Gasteiger partial charge in [-0.1, -0.05) is 6.42 Å². The minimum atomic E-state index is -0.0565. The fourth-order valence-corrected chi connectivity index (χ4v) is 1.71. The Morgan fingerprint density at radius 2 is 2.38 bits per heavy atom. The molecule has 0 aliphatic carbocycles. The molecule has 0 aromatic carbocycles. The highest BCUT2D eigenvalue weighted by Crippen LogP contribution is 2.13. The zero-order valence-corrected chi connectivity index (χ0v) is 8.25. The summed E-state index contributed by atoms with van der Waals surface area (Å²) in [6.07, 6.45) is 3.73. The number of likely N-dealkylation sites (tertiary alicyclic amines) is 1. The molecule has 3 N–H and O–H groups in total. The van der Waals surface area contributed by atoms with E-state index in [0.29, 0.717) is 6.04 Å². The van der Waals surface area contributed by atoms with Crippen LogP contribution < -0.4 is 11.1 Å². The maximum absolute atomic E-state index is 10.9. The second-order valence-corrected chi connectivity index (χ2v) is 3.64. The predicted molar refractivity (Wildman–Crippen MR) is 52.3 cm³/mol. The van der Waals surface area contributed by atoms with E-state index in [2.05, 4.69) is 17.3 Å². The van der Waals surface area contributed by atoms with Crippen LogP contribution in [0.25, 0.3) is 0 Å². The number of carbonyl (C=O) groups excluding carboxylic acids is 1. The number of piperidine rings is 1. The average Bonchev–Trinajstić information content (AvgIpc) is 2.16. The summed E-state index contributed by atoms with van der Waals surface area (Å²) in [7, 11) is 2.11. The Morgan fingerprint density at radius 3 is 3.00 bits per heavy atom. The molecular weight excluding hydrogens is 166 g/mol. The Bertz CT molecular complexity index is 172. The molecular formula is C9H19N3O. The minimum absolute atomic E-state index is 0.0565. The molecule has 4 heteroatoms. The number of nitrogens with zero attached hydrogens (tertiary/aromatic N) is 1. The first kappa shape index (κ1) is 10.5. The Kier molecular flexibility index (Phi) is 4.18. The van der Waals surface area contributed by atoms with Gasteiger partial charge in [-0.05, 0) is 26.4 Å². The maximum Gasteiger partial charge on any atom is 0.233 e. The third-order valence-corrected chi connectivity index (χ3v) is 2.64. The molecule has 76 valence electrons. The van der Waals surface area contributed by atoms with Crippen molar-refractivity contribution in [3.63, 3.8) is 0 Å². The quantitative estimate of drug-likeness (QED) is 0.626. The van der Waals surface area contributed by atoms with E-state index in [0.717, 1.165) is 13.1 Å². The topological polar surface area (TPSA) is 58.4 Å². The number of nitrogens with one attached hydrogen (secondary N) is 1.